The van der Waals surface area contributed by atoms with Gasteiger partial charge in [-0.05, 0) is 6.42 Å². The van der Waals surface area contributed by atoms with Crippen LogP contribution in [-0.2, 0) is 19.1 Å². The lowest BCUT2D eigenvalue weighted by atomic mass is 9.98. The Morgan fingerprint density at radius 1 is 1.63 bits per heavy atom. The Morgan fingerprint density at radius 2 is 2.32 bits per heavy atom. The Labute approximate surface area is 111 Å². The van der Waals surface area contributed by atoms with Crippen LogP contribution in [0.15, 0.2) is 0 Å². The second-order valence-corrected chi connectivity index (χ2v) is 4.51. The summed E-state index contributed by atoms with van der Waals surface area (Å²) in [6, 6.07) is 0.451. The Balaban J connectivity index is 2.66. The van der Waals surface area contributed by atoms with E-state index < -0.39 is 24.0 Å². The molecule has 0 saturated carbocycles. The van der Waals surface area contributed by atoms with Crippen LogP contribution in [0.1, 0.15) is 26.2 Å². The smallest absolute Gasteiger partial charge is 0.328 e. The van der Waals surface area contributed by atoms with E-state index in [-0.39, 0.29) is 18.2 Å². The summed E-state index contributed by atoms with van der Waals surface area (Å²) in [5, 5.41) is 13.7. The lowest BCUT2D eigenvalue weighted by molar-refractivity contribution is -0.146. The van der Waals surface area contributed by atoms with E-state index in [0.717, 1.165) is 0 Å². The molecule has 1 aliphatic rings. The van der Waals surface area contributed by atoms with Gasteiger partial charge in [0, 0.05) is 18.8 Å². The molecule has 7 heteroatoms. The van der Waals surface area contributed by atoms with E-state index in [0.29, 0.717) is 12.8 Å². The van der Waals surface area contributed by atoms with Gasteiger partial charge in [-0.2, -0.15) is 5.26 Å². The van der Waals surface area contributed by atoms with E-state index >= 15 is 0 Å². The van der Waals surface area contributed by atoms with Crippen LogP contribution in [0.4, 0.5) is 0 Å². The van der Waals surface area contributed by atoms with Crippen LogP contribution in [0.3, 0.4) is 0 Å². The van der Waals surface area contributed by atoms with Gasteiger partial charge in [-0.3, -0.25) is 9.59 Å². The fourth-order valence-electron chi connectivity index (χ4n) is 1.89. The summed E-state index contributed by atoms with van der Waals surface area (Å²) < 4.78 is 4.61. The Kier molecular flexibility index (Phi) is 5.30. The predicted molar refractivity (Wildman–Crippen MR) is 64.5 cm³/mol. The van der Waals surface area contributed by atoms with Gasteiger partial charge in [-0.1, -0.05) is 6.92 Å². The van der Waals surface area contributed by atoms with Gasteiger partial charge < -0.3 is 15.4 Å². The van der Waals surface area contributed by atoms with Gasteiger partial charge in [-0.15, -0.1) is 0 Å². The zero-order valence-corrected chi connectivity index (χ0v) is 10.9. The molecule has 2 N–H and O–H groups in total. The molecule has 0 aliphatic carbocycles. The normalized spacial score (nSPS) is 20.9. The molecule has 1 saturated heterocycles. The first-order valence-corrected chi connectivity index (χ1v) is 6.04. The molecule has 0 aromatic heterocycles. The number of nitrogens with zero attached hydrogens (tertiary/aromatic N) is 1. The highest BCUT2D eigenvalue weighted by molar-refractivity contribution is 5.93. The van der Waals surface area contributed by atoms with Gasteiger partial charge in [0.05, 0.1) is 13.2 Å². The minimum absolute atomic E-state index is 0.122. The summed E-state index contributed by atoms with van der Waals surface area (Å²) in [7, 11) is 1.22. The second-order valence-electron chi connectivity index (χ2n) is 4.51. The number of esters is 1. The maximum Gasteiger partial charge on any atom is 0.328 e. The highest BCUT2D eigenvalue weighted by atomic mass is 16.5. The van der Waals surface area contributed by atoms with Crippen LogP contribution in [0.25, 0.3) is 0 Å². The monoisotopic (exact) mass is 267 g/mol. The average molecular weight is 267 g/mol. The quantitative estimate of drug-likeness (QED) is 0.651. The van der Waals surface area contributed by atoms with Crippen LogP contribution in [0.2, 0.25) is 0 Å². The van der Waals surface area contributed by atoms with Crippen molar-refractivity contribution in [3.8, 4) is 6.07 Å². The first-order chi connectivity index (χ1) is 8.99. The van der Waals surface area contributed by atoms with Gasteiger partial charge in [0.25, 0.3) is 0 Å². The lowest BCUT2D eigenvalue weighted by Crippen LogP contribution is -2.51. The molecular formula is C12H17N3O4. The van der Waals surface area contributed by atoms with Gasteiger partial charge in [0.15, 0.2) is 0 Å². The molecule has 2 amide bonds. The number of amides is 2. The number of hydrogen-bond donors (Lipinski definition) is 2. The van der Waals surface area contributed by atoms with Crippen molar-refractivity contribution in [3.05, 3.63) is 0 Å². The zero-order chi connectivity index (χ0) is 14.4. The van der Waals surface area contributed by atoms with Crippen molar-refractivity contribution in [2.24, 2.45) is 5.92 Å². The largest absolute Gasteiger partial charge is 0.467 e. The van der Waals surface area contributed by atoms with Crippen molar-refractivity contribution in [2.45, 2.75) is 38.3 Å². The standard InChI is InChI=1S/C12H17N3O4/c1-7(5-6-13)10(12(18)19-2)15-11(17)8-3-4-9(16)14-8/h7-8,10H,3-5H2,1-2H3,(H,14,16)(H,15,17)/t7-,8+,10-/m1/s1. The highest BCUT2D eigenvalue weighted by Crippen LogP contribution is 2.12. The molecule has 1 heterocycles. The van der Waals surface area contributed by atoms with Crippen molar-refractivity contribution in [2.75, 3.05) is 7.11 Å². The number of carbonyl (C=O) groups excluding carboxylic acids is 3. The molecule has 19 heavy (non-hydrogen) atoms. The maximum absolute atomic E-state index is 11.9. The summed E-state index contributed by atoms with van der Waals surface area (Å²) in [5.74, 6) is -1.56. The summed E-state index contributed by atoms with van der Waals surface area (Å²) in [4.78, 5) is 34.6. The fourth-order valence-corrected chi connectivity index (χ4v) is 1.89. The molecular weight excluding hydrogens is 250 g/mol. The predicted octanol–water partition coefficient (Wildman–Crippen LogP) is -0.527. The van der Waals surface area contributed by atoms with Crippen molar-refractivity contribution in [3.63, 3.8) is 0 Å². The molecule has 104 valence electrons. The molecule has 0 unspecified atom stereocenters. The number of nitrogens with one attached hydrogen (secondary N) is 2. The maximum atomic E-state index is 11.9. The third-order valence-electron chi connectivity index (χ3n) is 3.05. The van der Waals surface area contributed by atoms with Crippen LogP contribution in [-0.4, -0.2) is 37.0 Å². The first-order valence-electron chi connectivity index (χ1n) is 6.04. The lowest BCUT2D eigenvalue weighted by Gasteiger charge is -2.22. The number of nitriles is 1. The molecule has 0 aromatic rings. The van der Waals surface area contributed by atoms with Gasteiger partial charge in [-0.25, -0.2) is 4.79 Å². The molecule has 1 rings (SSSR count). The summed E-state index contributed by atoms with van der Waals surface area (Å²) in [5.41, 5.74) is 0. The minimum atomic E-state index is -0.880. The van der Waals surface area contributed by atoms with Crippen LogP contribution < -0.4 is 10.6 Å². The Bertz CT molecular complexity index is 416. The van der Waals surface area contributed by atoms with E-state index in [4.69, 9.17) is 5.26 Å². The zero-order valence-electron chi connectivity index (χ0n) is 10.9. The molecule has 7 nitrogen and oxygen atoms in total. The molecule has 3 atom stereocenters. The summed E-state index contributed by atoms with van der Waals surface area (Å²) in [6.45, 7) is 1.68. The van der Waals surface area contributed by atoms with Crippen molar-refractivity contribution >= 4 is 17.8 Å². The Morgan fingerprint density at radius 3 is 2.79 bits per heavy atom. The van der Waals surface area contributed by atoms with E-state index in [1.54, 1.807) is 6.92 Å². The van der Waals surface area contributed by atoms with E-state index in [9.17, 15) is 14.4 Å². The molecule has 0 bridgehead atoms. The fraction of sp³-hybridized carbons (Fsp3) is 0.667. The van der Waals surface area contributed by atoms with Crippen LogP contribution in [0.5, 0.6) is 0 Å². The Hall–Kier alpha value is -2.10. The van der Waals surface area contributed by atoms with Crippen LogP contribution >= 0.6 is 0 Å². The van der Waals surface area contributed by atoms with Crippen molar-refractivity contribution in [1.82, 2.24) is 10.6 Å². The number of ether oxygens (including phenoxy) is 1. The number of methoxy groups -OCH3 is 1. The summed E-state index contributed by atoms with van der Waals surface area (Å²) in [6.07, 6.45) is 0.830. The minimum Gasteiger partial charge on any atom is -0.467 e. The highest BCUT2D eigenvalue weighted by Gasteiger charge is 2.33. The second kappa shape index (κ2) is 6.73. The number of hydrogen-bond acceptors (Lipinski definition) is 5. The number of rotatable bonds is 5. The van der Waals surface area contributed by atoms with Gasteiger partial charge in [0.2, 0.25) is 11.8 Å². The van der Waals surface area contributed by atoms with E-state index in [2.05, 4.69) is 15.4 Å². The van der Waals surface area contributed by atoms with E-state index in [1.165, 1.54) is 7.11 Å². The van der Waals surface area contributed by atoms with Crippen LogP contribution in [0, 0.1) is 17.2 Å². The molecule has 0 aromatic carbocycles. The third-order valence-corrected chi connectivity index (χ3v) is 3.05. The SMILES string of the molecule is COC(=O)[C@H](NC(=O)[C@@H]1CCC(=O)N1)[C@H](C)CC#N. The third kappa shape index (κ3) is 3.95. The molecule has 1 aliphatic heterocycles. The first kappa shape index (κ1) is 15.0. The molecule has 1 fully saturated rings. The van der Waals surface area contributed by atoms with Gasteiger partial charge in [0.1, 0.15) is 12.1 Å². The number of carbonyl (C=O) groups is 3. The van der Waals surface area contributed by atoms with Gasteiger partial charge >= 0.3 is 5.97 Å². The van der Waals surface area contributed by atoms with Crippen molar-refractivity contribution in [1.29, 1.82) is 5.26 Å². The molecule has 0 spiro atoms. The molecule has 0 radical (unpaired) electrons. The van der Waals surface area contributed by atoms with E-state index in [1.807, 2.05) is 6.07 Å². The average Bonchev–Trinajstić information content (AvgIpc) is 2.81. The summed E-state index contributed by atoms with van der Waals surface area (Å²) >= 11 is 0. The topological polar surface area (TPSA) is 108 Å². The van der Waals surface area contributed by atoms with Crippen molar-refractivity contribution < 1.29 is 19.1 Å².